The van der Waals surface area contributed by atoms with Gasteiger partial charge in [-0.2, -0.15) is 0 Å². The Hall–Kier alpha value is -1.06. The predicted molar refractivity (Wildman–Crippen MR) is 60.8 cm³/mol. The number of nitrogens with zero attached hydrogens (tertiary/aromatic N) is 1. The normalized spacial score (nSPS) is 27.1. The van der Waals surface area contributed by atoms with Gasteiger partial charge in [0, 0.05) is 26.1 Å². The van der Waals surface area contributed by atoms with Crippen molar-refractivity contribution >= 4 is 11.8 Å². The number of hydrogen-bond donors (Lipinski definition) is 1. The summed E-state index contributed by atoms with van der Waals surface area (Å²) in [5.74, 6) is 0.359. The van der Waals surface area contributed by atoms with E-state index in [-0.39, 0.29) is 17.7 Å². The maximum Gasteiger partial charge on any atom is 0.227 e. The van der Waals surface area contributed by atoms with Crippen molar-refractivity contribution in [1.29, 1.82) is 0 Å². The highest BCUT2D eigenvalue weighted by Gasteiger charge is 2.28. The fourth-order valence-corrected chi connectivity index (χ4v) is 2.49. The van der Waals surface area contributed by atoms with Gasteiger partial charge in [-0.25, -0.2) is 0 Å². The summed E-state index contributed by atoms with van der Waals surface area (Å²) in [5.41, 5.74) is 0. The first-order chi connectivity index (χ1) is 7.77. The van der Waals surface area contributed by atoms with Gasteiger partial charge < -0.3 is 10.2 Å². The summed E-state index contributed by atoms with van der Waals surface area (Å²) in [5, 5.41) is 2.78. The van der Waals surface area contributed by atoms with Crippen LogP contribution in [0.2, 0.25) is 0 Å². The van der Waals surface area contributed by atoms with Crippen LogP contribution in [0.5, 0.6) is 0 Å². The predicted octanol–water partition coefficient (Wildman–Crippen LogP) is 0.915. The van der Waals surface area contributed by atoms with E-state index in [9.17, 15) is 9.59 Å². The van der Waals surface area contributed by atoms with Gasteiger partial charge in [-0.3, -0.25) is 9.59 Å². The second kappa shape index (κ2) is 5.32. The Morgan fingerprint density at radius 2 is 1.88 bits per heavy atom. The summed E-state index contributed by atoms with van der Waals surface area (Å²) < 4.78 is 0. The summed E-state index contributed by atoms with van der Waals surface area (Å²) in [6.45, 7) is 2.35. The zero-order valence-corrected chi connectivity index (χ0v) is 9.71. The first-order valence-electron chi connectivity index (χ1n) is 6.33. The molecule has 90 valence electrons. The summed E-state index contributed by atoms with van der Waals surface area (Å²) in [4.78, 5) is 25.2. The summed E-state index contributed by atoms with van der Waals surface area (Å²) >= 11 is 0. The molecule has 16 heavy (non-hydrogen) atoms. The van der Waals surface area contributed by atoms with Gasteiger partial charge in [0.1, 0.15) is 0 Å². The molecule has 0 radical (unpaired) electrons. The quantitative estimate of drug-likeness (QED) is 0.720. The number of carbonyl (C=O) groups is 2. The van der Waals surface area contributed by atoms with Gasteiger partial charge in [0.2, 0.25) is 11.8 Å². The molecule has 0 aromatic rings. The van der Waals surface area contributed by atoms with E-state index in [4.69, 9.17) is 0 Å². The lowest BCUT2D eigenvalue weighted by Gasteiger charge is -2.28. The molecule has 2 rings (SSSR count). The Kier molecular flexibility index (Phi) is 3.80. The Labute approximate surface area is 96.4 Å². The van der Waals surface area contributed by atoms with Crippen LogP contribution in [0.1, 0.15) is 38.5 Å². The van der Waals surface area contributed by atoms with Gasteiger partial charge in [0.05, 0.1) is 5.92 Å². The van der Waals surface area contributed by atoms with E-state index in [1.54, 1.807) is 0 Å². The Balaban J connectivity index is 1.87. The Bertz CT molecular complexity index is 260. The number of likely N-dealkylation sites (tertiary alicyclic amines) is 1. The first kappa shape index (κ1) is 11.4. The van der Waals surface area contributed by atoms with Crippen LogP contribution < -0.4 is 5.32 Å². The number of amides is 2. The number of piperidine rings is 1. The summed E-state index contributed by atoms with van der Waals surface area (Å²) in [7, 11) is 0. The van der Waals surface area contributed by atoms with E-state index in [0.717, 1.165) is 32.4 Å². The van der Waals surface area contributed by atoms with Crippen LogP contribution >= 0.6 is 0 Å². The number of rotatable bonds is 1. The van der Waals surface area contributed by atoms with E-state index in [1.807, 2.05) is 4.90 Å². The van der Waals surface area contributed by atoms with Gasteiger partial charge in [-0.1, -0.05) is 12.8 Å². The van der Waals surface area contributed by atoms with Crippen LogP contribution in [0.4, 0.5) is 0 Å². The standard InChI is InChI=1S/C12H20N2O2/c15-11-6-5-10(9-13-11)12(16)14-7-3-1-2-4-8-14/h10H,1-9H2,(H,13,15). The molecule has 2 aliphatic rings. The highest BCUT2D eigenvalue weighted by Crippen LogP contribution is 2.17. The zero-order valence-electron chi connectivity index (χ0n) is 9.71. The molecule has 2 saturated heterocycles. The highest BCUT2D eigenvalue weighted by atomic mass is 16.2. The minimum absolute atomic E-state index is 0.0239. The number of carbonyl (C=O) groups excluding carboxylic acids is 2. The third kappa shape index (κ3) is 2.74. The largest absolute Gasteiger partial charge is 0.355 e. The second-order valence-electron chi connectivity index (χ2n) is 4.78. The lowest BCUT2D eigenvalue weighted by molar-refractivity contribution is -0.137. The molecule has 4 heteroatoms. The van der Waals surface area contributed by atoms with E-state index in [2.05, 4.69) is 5.32 Å². The SMILES string of the molecule is O=C1CCC(C(=O)N2CCCCCC2)CN1. The van der Waals surface area contributed by atoms with Crippen LogP contribution in [0.3, 0.4) is 0 Å². The van der Waals surface area contributed by atoms with Crippen molar-refractivity contribution in [3.63, 3.8) is 0 Å². The molecule has 0 aliphatic carbocycles. The average molecular weight is 224 g/mol. The maximum atomic E-state index is 12.2. The minimum atomic E-state index is 0.0239. The second-order valence-corrected chi connectivity index (χ2v) is 4.78. The molecule has 0 saturated carbocycles. The van der Waals surface area contributed by atoms with Gasteiger partial charge >= 0.3 is 0 Å². The average Bonchev–Trinajstić information content (AvgIpc) is 2.57. The first-order valence-corrected chi connectivity index (χ1v) is 6.33. The van der Waals surface area contributed by atoms with Crippen LogP contribution in [0.15, 0.2) is 0 Å². The van der Waals surface area contributed by atoms with Crippen molar-refractivity contribution in [3.05, 3.63) is 0 Å². The van der Waals surface area contributed by atoms with Gasteiger partial charge in [-0.15, -0.1) is 0 Å². The molecular formula is C12H20N2O2. The van der Waals surface area contributed by atoms with E-state index in [1.165, 1.54) is 12.8 Å². The molecule has 1 N–H and O–H groups in total. The van der Waals surface area contributed by atoms with Crippen LogP contribution in [0.25, 0.3) is 0 Å². The van der Waals surface area contributed by atoms with Crippen molar-refractivity contribution in [2.45, 2.75) is 38.5 Å². The van der Waals surface area contributed by atoms with E-state index >= 15 is 0 Å². The highest BCUT2D eigenvalue weighted by molar-refractivity contribution is 5.83. The summed E-state index contributed by atoms with van der Waals surface area (Å²) in [6.07, 6.45) is 5.97. The van der Waals surface area contributed by atoms with Crippen LogP contribution in [-0.2, 0) is 9.59 Å². The molecule has 2 heterocycles. The fraction of sp³-hybridized carbons (Fsp3) is 0.833. The zero-order chi connectivity index (χ0) is 11.4. The van der Waals surface area contributed by atoms with Gasteiger partial charge in [0.25, 0.3) is 0 Å². The van der Waals surface area contributed by atoms with Crippen molar-refractivity contribution in [3.8, 4) is 0 Å². The van der Waals surface area contributed by atoms with Crippen molar-refractivity contribution in [1.82, 2.24) is 10.2 Å². The van der Waals surface area contributed by atoms with Gasteiger partial charge in [0.15, 0.2) is 0 Å². The molecule has 0 bridgehead atoms. The van der Waals surface area contributed by atoms with Crippen molar-refractivity contribution in [2.24, 2.45) is 5.92 Å². The fourth-order valence-electron chi connectivity index (χ4n) is 2.49. The molecule has 0 aromatic heterocycles. The molecule has 2 fully saturated rings. The molecule has 2 aliphatic heterocycles. The molecule has 0 spiro atoms. The Morgan fingerprint density at radius 3 is 2.44 bits per heavy atom. The van der Waals surface area contributed by atoms with Gasteiger partial charge in [-0.05, 0) is 19.3 Å². The van der Waals surface area contributed by atoms with Crippen LogP contribution in [-0.4, -0.2) is 36.3 Å². The topological polar surface area (TPSA) is 49.4 Å². The molecular weight excluding hydrogens is 204 g/mol. The number of nitrogens with one attached hydrogen (secondary N) is 1. The van der Waals surface area contributed by atoms with Crippen LogP contribution in [0, 0.1) is 5.92 Å². The third-order valence-corrected chi connectivity index (χ3v) is 3.53. The lowest BCUT2D eigenvalue weighted by atomic mass is 9.97. The molecule has 1 unspecified atom stereocenters. The van der Waals surface area contributed by atoms with Crippen molar-refractivity contribution < 1.29 is 9.59 Å². The molecule has 4 nitrogen and oxygen atoms in total. The van der Waals surface area contributed by atoms with E-state index < -0.39 is 0 Å². The smallest absolute Gasteiger partial charge is 0.227 e. The summed E-state index contributed by atoms with van der Waals surface area (Å²) in [6, 6.07) is 0. The Morgan fingerprint density at radius 1 is 1.19 bits per heavy atom. The third-order valence-electron chi connectivity index (χ3n) is 3.53. The van der Waals surface area contributed by atoms with E-state index in [0.29, 0.717) is 13.0 Å². The number of hydrogen-bond acceptors (Lipinski definition) is 2. The molecule has 1 atom stereocenters. The molecule has 0 aromatic carbocycles. The minimum Gasteiger partial charge on any atom is -0.355 e. The lowest BCUT2D eigenvalue weighted by Crippen LogP contribution is -2.45. The maximum absolute atomic E-state index is 12.2. The van der Waals surface area contributed by atoms with Crippen molar-refractivity contribution in [2.75, 3.05) is 19.6 Å². The monoisotopic (exact) mass is 224 g/mol. The molecule has 2 amide bonds.